The van der Waals surface area contributed by atoms with Crippen molar-refractivity contribution in [2.75, 3.05) is 26.0 Å². The Hall–Kier alpha value is -1.62. The van der Waals surface area contributed by atoms with Crippen LogP contribution in [0.25, 0.3) is 0 Å². The number of carbonyl (C=O) groups excluding carboxylic acids is 1. The molecule has 1 aromatic rings. The lowest BCUT2D eigenvalue weighted by molar-refractivity contribution is 0.0614. The molecule has 1 atom stereocenters. The lowest BCUT2D eigenvalue weighted by Crippen LogP contribution is -2.40. The third-order valence-electron chi connectivity index (χ3n) is 3.17. The molecule has 0 saturated heterocycles. The largest absolute Gasteiger partial charge is 0.398 e. The van der Waals surface area contributed by atoms with Crippen LogP contribution in [0.2, 0.25) is 0 Å². The van der Waals surface area contributed by atoms with Gasteiger partial charge < -0.3 is 15.4 Å². The molecule has 0 fully saturated rings. The number of nitrogen functional groups attached to an aromatic ring is 1. The summed E-state index contributed by atoms with van der Waals surface area (Å²) < 4.78 is 18.3. The summed E-state index contributed by atoms with van der Waals surface area (Å²) in [6, 6.07) is 3.88. The third-order valence-corrected chi connectivity index (χ3v) is 3.17. The van der Waals surface area contributed by atoms with Gasteiger partial charge in [0.15, 0.2) is 0 Å². The maximum Gasteiger partial charge on any atom is 0.256 e. The lowest BCUT2D eigenvalue weighted by atomic mass is 10.1. The summed E-state index contributed by atoms with van der Waals surface area (Å²) in [7, 11) is 1.58. The van der Waals surface area contributed by atoms with Crippen molar-refractivity contribution in [3.05, 3.63) is 29.6 Å². The molecule has 1 aromatic carbocycles. The molecule has 19 heavy (non-hydrogen) atoms. The van der Waals surface area contributed by atoms with Crippen LogP contribution in [-0.2, 0) is 4.74 Å². The fourth-order valence-corrected chi connectivity index (χ4v) is 1.80. The molecule has 106 valence electrons. The fourth-order valence-electron chi connectivity index (χ4n) is 1.80. The van der Waals surface area contributed by atoms with Crippen molar-refractivity contribution in [2.45, 2.75) is 26.3 Å². The quantitative estimate of drug-likeness (QED) is 0.805. The number of carbonyl (C=O) groups is 1. The van der Waals surface area contributed by atoms with Gasteiger partial charge in [0.1, 0.15) is 5.82 Å². The number of amides is 1. The summed E-state index contributed by atoms with van der Waals surface area (Å²) in [4.78, 5) is 14.1. The Kier molecular flexibility index (Phi) is 5.76. The summed E-state index contributed by atoms with van der Waals surface area (Å²) in [6.07, 6.45) is 0.810. The monoisotopic (exact) mass is 268 g/mol. The summed E-state index contributed by atoms with van der Waals surface area (Å²) >= 11 is 0. The van der Waals surface area contributed by atoms with Crippen LogP contribution in [0.1, 0.15) is 30.6 Å². The van der Waals surface area contributed by atoms with Crippen molar-refractivity contribution in [3.8, 4) is 0 Å². The van der Waals surface area contributed by atoms with Gasteiger partial charge in [0.05, 0.1) is 12.2 Å². The van der Waals surface area contributed by atoms with E-state index in [1.54, 1.807) is 12.0 Å². The maximum absolute atomic E-state index is 13.3. The van der Waals surface area contributed by atoms with E-state index in [2.05, 4.69) is 0 Å². The Morgan fingerprint density at radius 3 is 2.79 bits per heavy atom. The molecular formula is C14H21FN2O2. The molecule has 1 rings (SSSR count). The van der Waals surface area contributed by atoms with E-state index in [0.29, 0.717) is 13.2 Å². The Bertz CT molecular complexity index is 437. The highest BCUT2D eigenvalue weighted by Gasteiger charge is 2.22. The fraction of sp³-hybridized carbons (Fsp3) is 0.500. The molecule has 0 bridgehead atoms. The van der Waals surface area contributed by atoms with Gasteiger partial charge in [0.25, 0.3) is 5.91 Å². The number of nitrogens with two attached hydrogens (primary N) is 1. The van der Waals surface area contributed by atoms with E-state index in [1.807, 2.05) is 13.8 Å². The minimum absolute atomic E-state index is 0.0466. The Labute approximate surface area is 113 Å². The molecule has 0 heterocycles. The molecule has 0 aliphatic carbocycles. The van der Waals surface area contributed by atoms with Gasteiger partial charge in [-0.05, 0) is 31.5 Å². The second-order valence-corrected chi connectivity index (χ2v) is 4.48. The first-order valence-corrected chi connectivity index (χ1v) is 6.36. The second kappa shape index (κ2) is 7.09. The van der Waals surface area contributed by atoms with E-state index in [0.717, 1.165) is 6.42 Å². The zero-order chi connectivity index (χ0) is 14.4. The minimum atomic E-state index is -0.464. The average Bonchev–Trinajstić information content (AvgIpc) is 2.41. The third kappa shape index (κ3) is 3.92. The van der Waals surface area contributed by atoms with Crippen LogP contribution in [0, 0.1) is 5.82 Å². The van der Waals surface area contributed by atoms with Crippen LogP contribution >= 0.6 is 0 Å². The topological polar surface area (TPSA) is 55.6 Å². The highest BCUT2D eigenvalue weighted by Crippen LogP contribution is 2.18. The maximum atomic E-state index is 13.3. The first-order valence-electron chi connectivity index (χ1n) is 6.36. The molecule has 2 N–H and O–H groups in total. The summed E-state index contributed by atoms with van der Waals surface area (Å²) in [6.45, 7) is 4.83. The van der Waals surface area contributed by atoms with Gasteiger partial charge in [-0.3, -0.25) is 4.79 Å². The van der Waals surface area contributed by atoms with Crippen LogP contribution in [-0.4, -0.2) is 37.1 Å². The zero-order valence-corrected chi connectivity index (χ0v) is 11.6. The van der Waals surface area contributed by atoms with E-state index in [9.17, 15) is 9.18 Å². The SMILES string of the molecule is CCC(C)N(CCOC)C(=O)c1cc(F)ccc1N. The highest BCUT2D eigenvalue weighted by molar-refractivity contribution is 5.99. The van der Waals surface area contributed by atoms with E-state index in [1.165, 1.54) is 18.2 Å². The Morgan fingerprint density at radius 1 is 1.53 bits per heavy atom. The van der Waals surface area contributed by atoms with E-state index < -0.39 is 5.82 Å². The van der Waals surface area contributed by atoms with Crippen molar-refractivity contribution in [1.29, 1.82) is 0 Å². The molecule has 0 radical (unpaired) electrons. The number of benzene rings is 1. The highest BCUT2D eigenvalue weighted by atomic mass is 19.1. The minimum Gasteiger partial charge on any atom is -0.398 e. The predicted molar refractivity (Wildman–Crippen MR) is 73.5 cm³/mol. The van der Waals surface area contributed by atoms with Gasteiger partial charge in [0, 0.05) is 25.4 Å². The Morgan fingerprint density at radius 2 is 2.21 bits per heavy atom. The van der Waals surface area contributed by atoms with Crippen LogP contribution < -0.4 is 5.73 Å². The van der Waals surface area contributed by atoms with Crippen LogP contribution in [0.3, 0.4) is 0 Å². The van der Waals surface area contributed by atoms with E-state index >= 15 is 0 Å². The number of ether oxygens (including phenoxy) is 1. The summed E-state index contributed by atoms with van der Waals surface area (Å²) in [5.41, 5.74) is 6.25. The number of anilines is 1. The Balaban J connectivity index is 3.00. The molecule has 0 aliphatic rings. The van der Waals surface area contributed by atoms with Crippen molar-refractivity contribution in [3.63, 3.8) is 0 Å². The van der Waals surface area contributed by atoms with Crippen molar-refractivity contribution < 1.29 is 13.9 Å². The number of methoxy groups -OCH3 is 1. The predicted octanol–water partition coefficient (Wildman–Crippen LogP) is 2.29. The van der Waals surface area contributed by atoms with E-state index in [-0.39, 0.29) is 23.2 Å². The standard InChI is InChI=1S/C14H21FN2O2/c1-4-10(2)17(7-8-19-3)14(18)12-9-11(15)5-6-13(12)16/h5-6,9-10H,4,7-8,16H2,1-3H3. The van der Waals surface area contributed by atoms with Crippen molar-refractivity contribution in [1.82, 2.24) is 4.90 Å². The number of hydrogen-bond acceptors (Lipinski definition) is 3. The van der Waals surface area contributed by atoms with Gasteiger partial charge in [-0.2, -0.15) is 0 Å². The smallest absolute Gasteiger partial charge is 0.256 e. The van der Waals surface area contributed by atoms with Gasteiger partial charge in [-0.15, -0.1) is 0 Å². The van der Waals surface area contributed by atoms with Crippen LogP contribution in [0.5, 0.6) is 0 Å². The van der Waals surface area contributed by atoms with Gasteiger partial charge in [-0.1, -0.05) is 6.92 Å². The number of rotatable bonds is 6. The molecule has 0 spiro atoms. The molecular weight excluding hydrogens is 247 g/mol. The molecule has 0 aromatic heterocycles. The molecule has 5 heteroatoms. The molecule has 0 saturated carbocycles. The zero-order valence-electron chi connectivity index (χ0n) is 11.6. The van der Waals surface area contributed by atoms with Gasteiger partial charge in [-0.25, -0.2) is 4.39 Å². The van der Waals surface area contributed by atoms with E-state index in [4.69, 9.17) is 10.5 Å². The molecule has 0 aliphatic heterocycles. The number of halogens is 1. The van der Waals surface area contributed by atoms with Crippen molar-refractivity contribution >= 4 is 11.6 Å². The molecule has 4 nitrogen and oxygen atoms in total. The first kappa shape index (κ1) is 15.4. The second-order valence-electron chi connectivity index (χ2n) is 4.48. The summed E-state index contributed by atoms with van der Waals surface area (Å²) in [5, 5.41) is 0. The number of hydrogen-bond donors (Lipinski definition) is 1. The first-order chi connectivity index (χ1) is 9.01. The van der Waals surface area contributed by atoms with Gasteiger partial charge in [0.2, 0.25) is 0 Å². The average molecular weight is 268 g/mol. The normalized spacial score (nSPS) is 12.2. The van der Waals surface area contributed by atoms with Crippen LogP contribution in [0.4, 0.5) is 10.1 Å². The van der Waals surface area contributed by atoms with Gasteiger partial charge >= 0.3 is 0 Å². The summed E-state index contributed by atoms with van der Waals surface area (Å²) in [5.74, 6) is -0.725. The molecule has 1 unspecified atom stereocenters. The molecule has 1 amide bonds. The van der Waals surface area contributed by atoms with Crippen LogP contribution in [0.15, 0.2) is 18.2 Å². The lowest BCUT2D eigenvalue weighted by Gasteiger charge is -2.28. The van der Waals surface area contributed by atoms with Crippen molar-refractivity contribution in [2.24, 2.45) is 0 Å². The number of nitrogens with zero attached hydrogens (tertiary/aromatic N) is 1.